The summed E-state index contributed by atoms with van der Waals surface area (Å²) in [4.78, 5) is 30.6. The number of thiazole rings is 1. The summed E-state index contributed by atoms with van der Waals surface area (Å²) >= 11 is 1.18. The summed E-state index contributed by atoms with van der Waals surface area (Å²) in [6, 6.07) is 10.8. The largest absolute Gasteiger partial charge is 0.373 e. The zero-order valence-corrected chi connectivity index (χ0v) is 18.5. The second kappa shape index (κ2) is 8.12. The van der Waals surface area contributed by atoms with Crippen LogP contribution in [0.25, 0.3) is 0 Å². The van der Waals surface area contributed by atoms with Crippen molar-refractivity contribution < 1.29 is 18.0 Å². The lowest BCUT2D eigenvalue weighted by atomic mass is 10.1. The third kappa shape index (κ3) is 4.30. The van der Waals surface area contributed by atoms with E-state index >= 15 is 0 Å². The van der Waals surface area contributed by atoms with Crippen LogP contribution in [-0.2, 0) is 19.6 Å². The number of nitrogens with one attached hydrogen (secondary N) is 2. The van der Waals surface area contributed by atoms with Crippen LogP contribution in [0.3, 0.4) is 0 Å². The molecular weight excluding hydrogens is 436 g/mol. The summed E-state index contributed by atoms with van der Waals surface area (Å²) in [6.45, 7) is 3.81. The number of aromatic nitrogens is 1. The zero-order chi connectivity index (χ0) is 22.2. The van der Waals surface area contributed by atoms with Crippen molar-refractivity contribution in [2.45, 2.75) is 31.2 Å². The molecule has 1 saturated heterocycles. The highest BCUT2D eigenvalue weighted by molar-refractivity contribution is 7.93. The van der Waals surface area contributed by atoms with Crippen molar-refractivity contribution in [2.75, 3.05) is 14.9 Å². The molecule has 0 aliphatic carbocycles. The summed E-state index contributed by atoms with van der Waals surface area (Å²) in [5.41, 5.74) is 3.03. The minimum absolute atomic E-state index is 0.0256. The summed E-state index contributed by atoms with van der Waals surface area (Å²) in [7, 11) is -3.76. The second-order valence-electron chi connectivity index (χ2n) is 7.23. The normalized spacial score (nSPS) is 16.6. The fourth-order valence-corrected chi connectivity index (χ4v) is 5.22. The molecule has 0 radical (unpaired) electrons. The molecule has 31 heavy (non-hydrogen) atoms. The molecule has 3 aromatic rings. The van der Waals surface area contributed by atoms with E-state index in [2.05, 4.69) is 15.0 Å². The van der Waals surface area contributed by atoms with Gasteiger partial charge in [0.25, 0.3) is 15.9 Å². The number of hydrogen-bond acceptors (Lipinski definition) is 7. The predicted octanol–water partition coefficient (Wildman–Crippen LogP) is 3.30. The Kier molecular flexibility index (Phi) is 5.50. The molecular formula is C21H20N4O4S2. The topological polar surface area (TPSA) is 108 Å². The molecule has 1 aliphatic rings. The van der Waals surface area contributed by atoms with Gasteiger partial charge in [-0.3, -0.25) is 14.3 Å². The van der Waals surface area contributed by atoms with Crippen molar-refractivity contribution >= 4 is 49.7 Å². The van der Waals surface area contributed by atoms with Crippen LogP contribution < -0.4 is 14.9 Å². The van der Waals surface area contributed by atoms with Gasteiger partial charge in [-0.1, -0.05) is 17.7 Å². The van der Waals surface area contributed by atoms with Gasteiger partial charge in [0.1, 0.15) is 6.04 Å². The van der Waals surface area contributed by atoms with E-state index in [0.717, 1.165) is 11.1 Å². The highest BCUT2D eigenvalue weighted by atomic mass is 32.2. The quantitative estimate of drug-likeness (QED) is 0.551. The minimum Gasteiger partial charge on any atom is -0.373 e. The van der Waals surface area contributed by atoms with Crippen molar-refractivity contribution in [3.05, 3.63) is 65.2 Å². The van der Waals surface area contributed by atoms with Crippen LogP contribution in [0, 0.1) is 13.8 Å². The minimum atomic E-state index is -3.76. The number of carbonyl (C=O) groups excluding carboxylic acids is 2. The number of nitrogens with zero attached hydrogens (tertiary/aromatic N) is 2. The number of sulfonamides is 1. The molecule has 1 fully saturated rings. The van der Waals surface area contributed by atoms with E-state index in [1.807, 2.05) is 26.0 Å². The first-order chi connectivity index (χ1) is 14.7. The van der Waals surface area contributed by atoms with Crippen LogP contribution in [0.5, 0.6) is 0 Å². The first kappa shape index (κ1) is 21.0. The Morgan fingerprint density at radius 2 is 1.84 bits per heavy atom. The van der Waals surface area contributed by atoms with Crippen molar-refractivity contribution in [1.29, 1.82) is 0 Å². The number of anilines is 3. The van der Waals surface area contributed by atoms with Crippen LogP contribution in [-0.4, -0.2) is 31.3 Å². The fraction of sp³-hybridized carbons (Fsp3) is 0.190. The van der Waals surface area contributed by atoms with Crippen molar-refractivity contribution in [2.24, 2.45) is 0 Å². The molecule has 1 atom stereocenters. The Labute approximate surface area is 184 Å². The van der Waals surface area contributed by atoms with Gasteiger partial charge in [0.05, 0.1) is 17.0 Å². The molecule has 2 aromatic carbocycles. The first-order valence-corrected chi connectivity index (χ1v) is 11.8. The number of amides is 2. The zero-order valence-electron chi connectivity index (χ0n) is 16.8. The Morgan fingerprint density at radius 1 is 1.10 bits per heavy atom. The molecule has 0 saturated carbocycles. The van der Waals surface area contributed by atoms with Crippen molar-refractivity contribution in [3.63, 3.8) is 0 Å². The lowest BCUT2D eigenvalue weighted by Crippen LogP contribution is -2.35. The van der Waals surface area contributed by atoms with Gasteiger partial charge in [0.2, 0.25) is 5.91 Å². The molecule has 1 aliphatic heterocycles. The van der Waals surface area contributed by atoms with E-state index in [0.29, 0.717) is 11.4 Å². The molecule has 2 heterocycles. The number of rotatable bonds is 6. The smallest absolute Gasteiger partial charge is 0.263 e. The van der Waals surface area contributed by atoms with Gasteiger partial charge >= 0.3 is 0 Å². The van der Waals surface area contributed by atoms with Crippen LogP contribution >= 0.6 is 11.3 Å². The Bertz CT molecular complexity index is 1240. The average Bonchev–Trinajstić information content (AvgIpc) is 3.31. The summed E-state index contributed by atoms with van der Waals surface area (Å²) in [5, 5.41) is 4.99. The Morgan fingerprint density at radius 3 is 2.48 bits per heavy atom. The predicted molar refractivity (Wildman–Crippen MR) is 120 cm³/mol. The Hall–Kier alpha value is -3.24. The molecule has 1 aromatic heterocycles. The number of carbonyl (C=O) groups is 2. The standard InChI is InChI=1S/C21H20N4O4S2/c1-13-3-8-18(14(2)11-13)25-19(26)12-17(20(25)27)23-15-4-6-16(7-5-15)31(28,29)24-21-22-9-10-30-21/h3-11,17,23H,12H2,1-2H3,(H,22,24)/t17-/m1/s1. The highest BCUT2D eigenvalue weighted by Gasteiger charge is 2.40. The maximum absolute atomic E-state index is 12.9. The van der Waals surface area contributed by atoms with Gasteiger partial charge in [0, 0.05) is 17.3 Å². The monoisotopic (exact) mass is 456 g/mol. The number of benzene rings is 2. The fourth-order valence-electron chi connectivity index (χ4n) is 3.43. The van der Waals surface area contributed by atoms with Crippen molar-refractivity contribution in [1.82, 2.24) is 4.98 Å². The molecule has 10 heteroatoms. The lowest BCUT2D eigenvalue weighted by Gasteiger charge is -2.18. The number of imide groups is 1. The van der Waals surface area contributed by atoms with E-state index in [-0.39, 0.29) is 28.3 Å². The van der Waals surface area contributed by atoms with Crippen molar-refractivity contribution in [3.8, 4) is 0 Å². The number of hydrogen-bond donors (Lipinski definition) is 2. The average molecular weight is 457 g/mol. The summed E-state index contributed by atoms with van der Waals surface area (Å²) < 4.78 is 27.3. The molecule has 2 amide bonds. The van der Waals surface area contributed by atoms with Gasteiger partial charge in [-0.15, -0.1) is 11.3 Å². The van der Waals surface area contributed by atoms with Gasteiger partial charge in [-0.05, 0) is 49.7 Å². The number of aryl methyl sites for hydroxylation is 2. The molecule has 4 rings (SSSR count). The SMILES string of the molecule is Cc1ccc(N2C(=O)C[C@@H](Nc3ccc(S(=O)(=O)Nc4nccs4)cc3)C2=O)c(C)c1. The van der Waals surface area contributed by atoms with E-state index in [1.165, 1.54) is 34.6 Å². The molecule has 160 valence electrons. The third-order valence-electron chi connectivity index (χ3n) is 4.90. The molecule has 0 spiro atoms. The highest BCUT2D eigenvalue weighted by Crippen LogP contribution is 2.28. The summed E-state index contributed by atoms with van der Waals surface area (Å²) in [5.74, 6) is -0.611. The van der Waals surface area contributed by atoms with E-state index < -0.39 is 16.1 Å². The second-order valence-corrected chi connectivity index (χ2v) is 9.80. The van der Waals surface area contributed by atoms with Gasteiger partial charge in [-0.2, -0.15) is 0 Å². The van der Waals surface area contributed by atoms with E-state index in [4.69, 9.17) is 0 Å². The van der Waals surface area contributed by atoms with Gasteiger partial charge < -0.3 is 5.32 Å². The maximum atomic E-state index is 12.9. The Balaban J connectivity index is 1.48. The van der Waals surface area contributed by atoms with Crippen LogP contribution in [0.4, 0.5) is 16.5 Å². The van der Waals surface area contributed by atoms with E-state index in [1.54, 1.807) is 23.6 Å². The molecule has 8 nitrogen and oxygen atoms in total. The molecule has 2 N–H and O–H groups in total. The lowest BCUT2D eigenvalue weighted by molar-refractivity contribution is -0.121. The van der Waals surface area contributed by atoms with E-state index in [9.17, 15) is 18.0 Å². The first-order valence-electron chi connectivity index (χ1n) is 9.47. The van der Waals surface area contributed by atoms with Crippen LogP contribution in [0.1, 0.15) is 17.5 Å². The summed E-state index contributed by atoms with van der Waals surface area (Å²) in [6.07, 6.45) is 1.54. The van der Waals surface area contributed by atoms with Crippen LogP contribution in [0.2, 0.25) is 0 Å². The third-order valence-corrected chi connectivity index (χ3v) is 7.07. The maximum Gasteiger partial charge on any atom is 0.263 e. The van der Waals surface area contributed by atoms with Crippen LogP contribution in [0.15, 0.2) is 58.9 Å². The molecule has 0 bridgehead atoms. The van der Waals surface area contributed by atoms with Gasteiger partial charge in [-0.25, -0.2) is 18.3 Å². The molecule has 0 unspecified atom stereocenters. The van der Waals surface area contributed by atoms with Gasteiger partial charge in [0.15, 0.2) is 5.13 Å².